The lowest BCUT2D eigenvalue weighted by Crippen LogP contribution is -2.61. The first-order chi connectivity index (χ1) is 38.3. The summed E-state index contributed by atoms with van der Waals surface area (Å²) in [6.07, 6.45) is -13.8. The Kier molecular flexibility index (Phi) is 19.5. The number of halogens is 2. The predicted octanol–water partition coefficient (Wildman–Crippen LogP) is 1.16. The maximum absolute atomic E-state index is 15.1. The van der Waals surface area contributed by atoms with Crippen LogP contribution in [0.5, 0.6) is 5.75 Å². The standard InChI is InChI=1S/C53H68F2N8O17/c1-5-41(31(3)76-52(73)78-32(4)77-49(71)46(69)45(68)48(30(2)22-64)80-50-47(70)44(67)43(66)42(23-65)79-50)63-51(72)62(29-58-63)37-9-7-35(8-10-37)59-16-18-60(19-17-59)36-11-13-38(14-12-36)74-24-33-21-53(75-25-33,26-61-28-56-27-57-61)39-15-6-34(54)20-40(39)55/h6-15,20,27-33,41-48,50,64-70H,5,16-19,21-26H2,1-4H3/t30-,31+,32?,33?,41+,42-,43+,44+,45-,46-,47-,48-,50+,53+/m1/s1. The number of nitrogens with zero attached hydrogens (tertiary/aromatic N) is 8. The molecule has 2 unspecified atom stereocenters. The van der Waals surface area contributed by atoms with Crippen molar-refractivity contribution in [2.75, 3.05) is 62.4 Å². The van der Waals surface area contributed by atoms with Crippen molar-refractivity contribution < 1.29 is 87.3 Å². The molecule has 5 heterocycles. The van der Waals surface area contributed by atoms with Crippen LogP contribution in [0.3, 0.4) is 0 Å². The highest BCUT2D eigenvalue weighted by Gasteiger charge is 2.48. The van der Waals surface area contributed by atoms with Crippen LogP contribution in [0.25, 0.3) is 5.69 Å². The number of aliphatic hydroxyl groups is 7. The molecule has 0 spiro atoms. The number of anilines is 2. The Bertz CT molecular complexity index is 2860. The van der Waals surface area contributed by atoms with Crippen molar-refractivity contribution in [3.05, 3.63) is 113 Å². The molecule has 3 aliphatic heterocycles. The van der Waals surface area contributed by atoms with Gasteiger partial charge in [-0.25, -0.2) is 42.1 Å². The van der Waals surface area contributed by atoms with Gasteiger partial charge in [-0.1, -0.05) is 19.9 Å². The topological polar surface area (TPSA) is 317 Å². The Morgan fingerprint density at radius 1 is 0.838 bits per heavy atom. The summed E-state index contributed by atoms with van der Waals surface area (Å²) >= 11 is 0. The van der Waals surface area contributed by atoms with Gasteiger partial charge in [-0.15, -0.1) is 0 Å². The van der Waals surface area contributed by atoms with E-state index in [1.807, 2.05) is 36.4 Å². The Morgan fingerprint density at radius 3 is 2.11 bits per heavy atom. The third kappa shape index (κ3) is 13.6. The largest absolute Gasteiger partial charge is 0.511 e. The molecule has 27 heteroatoms. The number of carbonyl (C=O) groups excluding carboxylic acids is 2. The fraction of sp³-hybridized carbons (Fsp3) is 0.547. The van der Waals surface area contributed by atoms with E-state index in [0.29, 0.717) is 31.1 Å². The van der Waals surface area contributed by atoms with Gasteiger partial charge in [0.25, 0.3) is 0 Å². The minimum atomic E-state index is -2.38. The summed E-state index contributed by atoms with van der Waals surface area (Å²) in [6, 6.07) is 18.0. The van der Waals surface area contributed by atoms with Gasteiger partial charge in [0.15, 0.2) is 12.4 Å². The van der Waals surface area contributed by atoms with Crippen molar-refractivity contribution in [1.82, 2.24) is 29.1 Å². The van der Waals surface area contributed by atoms with Crippen LogP contribution in [0.4, 0.5) is 25.0 Å². The Morgan fingerprint density at radius 2 is 1.50 bits per heavy atom. The van der Waals surface area contributed by atoms with E-state index in [1.165, 1.54) is 54.2 Å². The fourth-order valence-electron chi connectivity index (χ4n) is 10.2. The SMILES string of the molecule is CC[C@@H]([C@H](C)OC(=O)OC(C)OC(=O)[C@H](O)[C@@H](O)[C@H](O[C@@H]1O[C@H](CO)[C@H](O)[C@H](O)[C@H]1O)[C@H](C)CO)n1ncn(-c2ccc(N3CCN(c4ccc(OCC5CO[C@@](Cn6cncn6)(c6ccc(F)cc6F)C5)cc4)CC3)cc2)c1=O. The molecule has 3 aromatic carbocycles. The average molecular weight is 1130 g/mol. The highest BCUT2D eigenvalue weighted by atomic mass is 19.1. The van der Waals surface area contributed by atoms with Crippen molar-refractivity contribution >= 4 is 23.5 Å². The van der Waals surface area contributed by atoms with Crippen LogP contribution in [0.1, 0.15) is 52.1 Å². The number of aliphatic hydroxyl groups excluding tert-OH is 7. The molecule has 3 saturated heterocycles. The number of carbonyl (C=O) groups is 2. The number of aromatic nitrogens is 6. The maximum atomic E-state index is 15.1. The number of esters is 1. The lowest BCUT2D eigenvalue weighted by atomic mass is 9.87. The monoisotopic (exact) mass is 1130 g/mol. The van der Waals surface area contributed by atoms with Crippen molar-refractivity contribution in [3.8, 4) is 11.4 Å². The Labute approximate surface area is 458 Å². The molecule has 436 valence electrons. The van der Waals surface area contributed by atoms with Gasteiger partial charge in [0.2, 0.25) is 6.29 Å². The molecule has 3 fully saturated rings. The quantitative estimate of drug-likeness (QED) is 0.0356. The van der Waals surface area contributed by atoms with Gasteiger partial charge < -0.3 is 78.7 Å². The summed E-state index contributed by atoms with van der Waals surface area (Å²) in [6.45, 7) is 8.10. The van der Waals surface area contributed by atoms with Crippen molar-refractivity contribution in [2.45, 2.75) is 120 Å². The molecule has 0 amide bonds. The minimum Gasteiger partial charge on any atom is -0.493 e. The molecule has 14 atom stereocenters. The molecule has 3 aliphatic rings. The van der Waals surface area contributed by atoms with Gasteiger partial charge in [-0.3, -0.25) is 0 Å². The third-order valence-corrected chi connectivity index (χ3v) is 14.7. The molecular formula is C53H68F2N8O17. The molecular weight excluding hydrogens is 1060 g/mol. The molecule has 25 nitrogen and oxygen atoms in total. The fourth-order valence-corrected chi connectivity index (χ4v) is 10.2. The number of hydrogen-bond acceptors (Lipinski definition) is 22. The van der Waals surface area contributed by atoms with E-state index in [9.17, 15) is 54.5 Å². The van der Waals surface area contributed by atoms with Crippen LogP contribution < -0.4 is 20.2 Å². The van der Waals surface area contributed by atoms with E-state index >= 15 is 4.39 Å². The zero-order valence-electron chi connectivity index (χ0n) is 44.4. The summed E-state index contributed by atoms with van der Waals surface area (Å²) in [5.41, 5.74) is 1.21. The van der Waals surface area contributed by atoms with Gasteiger partial charge in [-0.2, -0.15) is 10.2 Å². The first-order valence-corrected chi connectivity index (χ1v) is 26.3. The second kappa shape index (κ2) is 26.3. The summed E-state index contributed by atoms with van der Waals surface area (Å²) < 4.78 is 71.8. The van der Waals surface area contributed by atoms with Gasteiger partial charge in [0, 0.05) is 74.6 Å². The summed E-state index contributed by atoms with van der Waals surface area (Å²) in [5, 5.41) is 80.1. The normalized spacial score (nSPS) is 25.0. The van der Waals surface area contributed by atoms with Crippen molar-refractivity contribution in [3.63, 3.8) is 0 Å². The Balaban J connectivity index is 0.785. The second-order valence-corrected chi connectivity index (χ2v) is 20.2. The number of piperazine rings is 1. The number of rotatable bonds is 23. The zero-order chi connectivity index (χ0) is 57.4. The first-order valence-electron chi connectivity index (χ1n) is 26.3. The van der Waals surface area contributed by atoms with Crippen LogP contribution >= 0.6 is 0 Å². The van der Waals surface area contributed by atoms with E-state index in [-0.39, 0.29) is 24.4 Å². The molecule has 80 heavy (non-hydrogen) atoms. The summed E-state index contributed by atoms with van der Waals surface area (Å²) in [7, 11) is 0. The van der Waals surface area contributed by atoms with Gasteiger partial charge in [-0.05, 0) is 74.4 Å². The lowest BCUT2D eigenvalue weighted by Gasteiger charge is -2.42. The molecule has 8 rings (SSSR count). The molecule has 0 saturated carbocycles. The van der Waals surface area contributed by atoms with Crippen LogP contribution in [-0.4, -0.2) is 191 Å². The highest BCUT2D eigenvalue weighted by molar-refractivity contribution is 5.75. The number of hydrogen-bond donors (Lipinski definition) is 7. The van der Waals surface area contributed by atoms with Crippen LogP contribution in [0, 0.1) is 23.5 Å². The van der Waals surface area contributed by atoms with Crippen LogP contribution in [-0.2, 0) is 45.4 Å². The molecule has 7 N–H and O–H groups in total. The molecule has 0 bridgehead atoms. The maximum Gasteiger partial charge on any atom is 0.511 e. The van der Waals surface area contributed by atoms with Gasteiger partial charge in [0.1, 0.15) is 78.6 Å². The van der Waals surface area contributed by atoms with Crippen molar-refractivity contribution in [1.29, 1.82) is 0 Å². The highest BCUT2D eigenvalue weighted by Crippen LogP contribution is 2.42. The first kappa shape index (κ1) is 59.5. The Hall–Kier alpha value is -6.66. The van der Waals surface area contributed by atoms with Crippen LogP contribution in [0.2, 0.25) is 0 Å². The second-order valence-electron chi connectivity index (χ2n) is 20.2. The minimum absolute atomic E-state index is 0.0722. The van der Waals surface area contributed by atoms with Gasteiger partial charge in [0.05, 0.1) is 44.2 Å². The smallest absolute Gasteiger partial charge is 0.493 e. The lowest BCUT2D eigenvalue weighted by molar-refractivity contribution is -0.324. The van der Waals surface area contributed by atoms with E-state index < -0.39 is 122 Å². The van der Waals surface area contributed by atoms with E-state index in [4.69, 9.17) is 33.2 Å². The molecule has 0 radical (unpaired) electrons. The third-order valence-electron chi connectivity index (χ3n) is 14.7. The summed E-state index contributed by atoms with van der Waals surface area (Å²) in [4.78, 5) is 48.1. The van der Waals surface area contributed by atoms with Gasteiger partial charge >= 0.3 is 17.8 Å². The van der Waals surface area contributed by atoms with E-state index in [1.54, 1.807) is 23.7 Å². The predicted molar refractivity (Wildman–Crippen MR) is 275 cm³/mol. The van der Waals surface area contributed by atoms with E-state index in [2.05, 4.69) is 25.0 Å². The molecule has 0 aliphatic carbocycles. The zero-order valence-corrected chi connectivity index (χ0v) is 44.4. The average Bonchev–Trinajstić information content (AvgIpc) is 4.26. The number of benzene rings is 3. The molecule has 5 aromatic rings. The van der Waals surface area contributed by atoms with Crippen molar-refractivity contribution in [2.24, 2.45) is 11.8 Å². The van der Waals surface area contributed by atoms with Crippen LogP contribution in [0.15, 0.2) is 90.5 Å². The number of ether oxygens (including phenoxy) is 7. The summed E-state index contributed by atoms with van der Waals surface area (Å²) in [5.74, 6) is -3.27. The molecule has 2 aromatic heterocycles. The van der Waals surface area contributed by atoms with E-state index in [0.717, 1.165) is 50.5 Å².